The molecule has 0 aliphatic carbocycles. The maximum absolute atomic E-state index is 10.1. The minimum absolute atomic E-state index is 0. The van der Waals surface area contributed by atoms with Crippen molar-refractivity contribution in [3.05, 3.63) is 30.1 Å². The Bertz CT molecular complexity index is 212. The van der Waals surface area contributed by atoms with E-state index in [2.05, 4.69) is 4.98 Å². The van der Waals surface area contributed by atoms with Gasteiger partial charge in [-0.05, 0) is 12.1 Å². The van der Waals surface area contributed by atoms with Crippen LogP contribution in [-0.2, 0) is 0 Å². The van der Waals surface area contributed by atoms with Crippen molar-refractivity contribution in [1.82, 2.24) is 4.98 Å². The summed E-state index contributed by atoms with van der Waals surface area (Å²) in [5.74, 6) is -1.17. The van der Waals surface area contributed by atoms with Crippen LogP contribution in [-0.4, -0.2) is 11.0 Å². The van der Waals surface area contributed by atoms with Crippen LogP contribution in [0.15, 0.2) is 24.5 Å². The number of hydrogen-bond acceptors (Lipinski definition) is 3. The fraction of sp³-hybridized carbons (Fsp3) is 0. The molecule has 0 saturated heterocycles. The van der Waals surface area contributed by atoms with E-state index in [0.717, 1.165) is 0 Å². The van der Waals surface area contributed by atoms with Crippen molar-refractivity contribution in [1.29, 1.82) is 0 Å². The smallest absolute Gasteiger partial charge is 0.545 e. The Kier molecular flexibility index (Phi) is 5.11. The molecule has 0 aliphatic heterocycles. The SMILES string of the molecule is O=C([O-])c1ccncc1.[K+]. The van der Waals surface area contributed by atoms with Gasteiger partial charge in [0.05, 0.1) is 5.97 Å². The van der Waals surface area contributed by atoms with Crippen LogP contribution in [0, 0.1) is 0 Å². The van der Waals surface area contributed by atoms with Gasteiger partial charge in [-0.1, -0.05) is 0 Å². The minimum Gasteiger partial charge on any atom is -0.545 e. The van der Waals surface area contributed by atoms with Crippen LogP contribution in [0.5, 0.6) is 0 Å². The first-order chi connectivity index (χ1) is 4.30. The Morgan fingerprint density at radius 3 is 2.20 bits per heavy atom. The van der Waals surface area contributed by atoms with E-state index in [1.54, 1.807) is 0 Å². The van der Waals surface area contributed by atoms with Gasteiger partial charge < -0.3 is 9.90 Å². The Morgan fingerprint density at radius 2 is 1.90 bits per heavy atom. The second-order valence-corrected chi connectivity index (χ2v) is 1.52. The zero-order valence-corrected chi connectivity index (χ0v) is 8.70. The van der Waals surface area contributed by atoms with Crippen molar-refractivity contribution in [3.8, 4) is 0 Å². The largest absolute Gasteiger partial charge is 1.00 e. The van der Waals surface area contributed by atoms with Gasteiger partial charge in [0.2, 0.25) is 0 Å². The van der Waals surface area contributed by atoms with Gasteiger partial charge in [0.25, 0.3) is 0 Å². The number of carbonyl (C=O) groups is 1. The first-order valence-electron chi connectivity index (χ1n) is 2.42. The van der Waals surface area contributed by atoms with Gasteiger partial charge in [0.15, 0.2) is 0 Å². The van der Waals surface area contributed by atoms with E-state index in [-0.39, 0.29) is 56.9 Å². The molecule has 0 radical (unpaired) electrons. The summed E-state index contributed by atoms with van der Waals surface area (Å²) in [4.78, 5) is 13.7. The molecule has 10 heavy (non-hydrogen) atoms. The van der Waals surface area contributed by atoms with Gasteiger partial charge in [0, 0.05) is 18.0 Å². The normalized spacial score (nSPS) is 8.00. The van der Waals surface area contributed by atoms with Gasteiger partial charge in [-0.25, -0.2) is 0 Å². The van der Waals surface area contributed by atoms with Crippen molar-refractivity contribution in [3.63, 3.8) is 0 Å². The summed E-state index contributed by atoms with van der Waals surface area (Å²) in [5, 5.41) is 10.1. The number of nitrogens with zero attached hydrogens (tertiary/aromatic N) is 1. The Morgan fingerprint density at radius 1 is 1.40 bits per heavy atom. The van der Waals surface area contributed by atoms with Crippen LogP contribution in [0.1, 0.15) is 10.4 Å². The molecule has 0 amide bonds. The molecule has 0 aliphatic rings. The molecule has 0 spiro atoms. The molecule has 1 aromatic heterocycles. The molecule has 3 nitrogen and oxygen atoms in total. The number of pyridine rings is 1. The van der Waals surface area contributed by atoms with E-state index < -0.39 is 5.97 Å². The average molecular weight is 161 g/mol. The Balaban J connectivity index is 0.000000810. The number of carboxylic acids is 1. The first kappa shape index (κ1) is 10.3. The van der Waals surface area contributed by atoms with Crippen molar-refractivity contribution in [2.75, 3.05) is 0 Å². The molecule has 0 fully saturated rings. The van der Waals surface area contributed by atoms with E-state index in [0.29, 0.717) is 0 Å². The van der Waals surface area contributed by atoms with Crippen LogP contribution in [0.25, 0.3) is 0 Å². The Labute approximate surface area is 101 Å². The summed E-state index contributed by atoms with van der Waals surface area (Å²) >= 11 is 0. The molecule has 1 heterocycles. The fourth-order valence-electron chi connectivity index (χ4n) is 0.488. The molecular formula is C6H4KNO2. The summed E-state index contributed by atoms with van der Waals surface area (Å²) in [6.07, 6.45) is 2.82. The third-order valence-electron chi connectivity index (χ3n) is 0.916. The van der Waals surface area contributed by atoms with E-state index in [4.69, 9.17) is 0 Å². The fourth-order valence-corrected chi connectivity index (χ4v) is 0.488. The van der Waals surface area contributed by atoms with Crippen LogP contribution in [0.4, 0.5) is 0 Å². The van der Waals surface area contributed by atoms with Gasteiger partial charge in [-0.3, -0.25) is 4.98 Å². The molecule has 0 unspecified atom stereocenters. The van der Waals surface area contributed by atoms with Crippen molar-refractivity contribution < 1.29 is 61.3 Å². The van der Waals surface area contributed by atoms with Gasteiger partial charge in [-0.2, -0.15) is 0 Å². The number of hydrogen-bond donors (Lipinski definition) is 0. The van der Waals surface area contributed by atoms with Crippen LogP contribution < -0.4 is 56.5 Å². The third kappa shape index (κ3) is 2.89. The summed E-state index contributed by atoms with van der Waals surface area (Å²) in [5.41, 5.74) is 0.157. The van der Waals surface area contributed by atoms with Crippen molar-refractivity contribution in [2.45, 2.75) is 0 Å². The standard InChI is InChI=1S/C6H5NO2.K/c8-6(9)5-1-3-7-4-2-5;/h1-4H,(H,8,9);/q;+1/p-1. The molecule has 0 atom stereocenters. The second kappa shape index (κ2) is 4.98. The minimum atomic E-state index is -1.17. The van der Waals surface area contributed by atoms with E-state index >= 15 is 0 Å². The summed E-state index contributed by atoms with van der Waals surface area (Å²) in [6, 6.07) is 2.77. The Hall–Kier alpha value is 0.256. The maximum Gasteiger partial charge on any atom is 1.00 e. The number of rotatable bonds is 1. The molecular weight excluding hydrogens is 157 g/mol. The number of carboxylic acid groups (broad SMARTS) is 1. The molecule has 1 rings (SSSR count). The van der Waals surface area contributed by atoms with Crippen molar-refractivity contribution in [2.24, 2.45) is 0 Å². The quantitative estimate of drug-likeness (QED) is 0.401. The zero-order chi connectivity index (χ0) is 6.69. The molecule has 46 valence electrons. The molecule has 1 aromatic rings. The van der Waals surface area contributed by atoms with Gasteiger partial charge in [-0.15, -0.1) is 0 Å². The average Bonchev–Trinajstić information content (AvgIpc) is 1.90. The molecule has 0 aromatic carbocycles. The summed E-state index contributed by atoms with van der Waals surface area (Å²) < 4.78 is 0. The third-order valence-corrected chi connectivity index (χ3v) is 0.916. The van der Waals surface area contributed by atoms with Gasteiger partial charge >= 0.3 is 51.4 Å². The number of carbonyl (C=O) groups excluding carboxylic acids is 1. The first-order valence-corrected chi connectivity index (χ1v) is 2.42. The monoisotopic (exact) mass is 161 g/mol. The predicted octanol–water partition coefficient (Wildman–Crippen LogP) is -3.55. The maximum atomic E-state index is 10.1. The topological polar surface area (TPSA) is 53.0 Å². The van der Waals surface area contributed by atoms with Crippen LogP contribution >= 0.6 is 0 Å². The summed E-state index contributed by atoms with van der Waals surface area (Å²) in [7, 11) is 0. The molecule has 0 N–H and O–H groups in total. The van der Waals surface area contributed by atoms with E-state index in [9.17, 15) is 9.90 Å². The van der Waals surface area contributed by atoms with Gasteiger partial charge in [0.1, 0.15) is 0 Å². The molecule has 0 saturated carbocycles. The molecule has 4 heteroatoms. The molecule has 0 bridgehead atoms. The van der Waals surface area contributed by atoms with Crippen LogP contribution in [0.3, 0.4) is 0 Å². The van der Waals surface area contributed by atoms with Crippen LogP contribution in [0.2, 0.25) is 0 Å². The number of aromatic nitrogens is 1. The van der Waals surface area contributed by atoms with E-state index in [1.165, 1.54) is 24.5 Å². The second-order valence-electron chi connectivity index (χ2n) is 1.52. The zero-order valence-electron chi connectivity index (χ0n) is 5.57. The number of aromatic carboxylic acids is 1. The van der Waals surface area contributed by atoms with E-state index in [1.807, 2.05) is 0 Å². The predicted molar refractivity (Wildman–Crippen MR) is 28.6 cm³/mol. The van der Waals surface area contributed by atoms with Crippen molar-refractivity contribution >= 4 is 5.97 Å². The summed E-state index contributed by atoms with van der Waals surface area (Å²) in [6.45, 7) is 0.